The molecule has 1 aromatic rings. The second-order valence-electron chi connectivity index (χ2n) is 1.92. The van der Waals surface area contributed by atoms with Gasteiger partial charge in [0, 0.05) is 3.57 Å². The molecule has 0 bridgehead atoms. The van der Waals surface area contributed by atoms with Crippen molar-refractivity contribution >= 4 is 28.6 Å². The molecule has 11 heavy (non-hydrogen) atoms. The van der Waals surface area contributed by atoms with E-state index in [4.69, 9.17) is 0 Å². The molecule has 58 valence electrons. The van der Waals surface area contributed by atoms with Crippen LogP contribution < -0.4 is 5.11 Å². The third-order valence-electron chi connectivity index (χ3n) is 1.16. The van der Waals surface area contributed by atoms with E-state index < -0.39 is 11.8 Å². The van der Waals surface area contributed by atoms with Crippen LogP contribution in [0.15, 0.2) is 18.2 Å². The minimum Gasteiger partial charge on any atom is -0.545 e. The number of hydrogen-bond donors (Lipinski definition) is 0. The highest BCUT2D eigenvalue weighted by molar-refractivity contribution is 14.1. The highest BCUT2D eigenvalue weighted by atomic mass is 127. The van der Waals surface area contributed by atoms with Gasteiger partial charge in [-0.2, -0.15) is 0 Å². The molecule has 0 unspecified atom stereocenters. The van der Waals surface area contributed by atoms with Crippen LogP contribution >= 0.6 is 22.6 Å². The van der Waals surface area contributed by atoms with E-state index in [9.17, 15) is 14.3 Å². The average molecular weight is 265 g/mol. The number of aromatic carboxylic acids is 1. The van der Waals surface area contributed by atoms with Gasteiger partial charge in [-0.1, -0.05) is 6.07 Å². The molecule has 1 aromatic carbocycles. The van der Waals surface area contributed by atoms with Gasteiger partial charge in [-0.3, -0.25) is 0 Å². The lowest BCUT2D eigenvalue weighted by atomic mass is 10.2. The maximum absolute atomic E-state index is 12.5. The number of halogens is 2. The fourth-order valence-corrected chi connectivity index (χ4v) is 1.14. The molecule has 2 nitrogen and oxygen atoms in total. The van der Waals surface area contributed by atoms with Crippen LogP contribution in [-0.4, -0.2) is 5.97 Å². The summed E-state index contributed by atoms with van der Waals surface area (Å²) in [5.74, 6) is -1.71. The molecule has 0 aliphatic rings. The average Bonchev–Trinajstić information content (AvgIpc) is 1.94. The van der Waals surface area contributed by atoms with Crippen molar-refractivity contribution < 1.29 is 14.3 Å². The van der Waals surface area contributed by atoms with Crippen LogP contribution in [-0.2, 0) is 0 Å². The van der Waals surface area contributed by atoms with Crippen molar-refractivity contribution in [1.82, 2.24) is 0 Å². The second-order valence-corrected chi connectivity index (χ2v) is 3.08. The van der Waals surface area contributed by atoms with Crippen LogP contribution in [0.5, 0.6) is 0 Å². The van der Waals surface area contributed by atoms with E-state index in [2.05, 4.69) is 0 Å². The summed E-state index contributed by atoms with van der Waals surface area (Å²) in [6.07, 6.45) is 0. The molecule has 0 N–H and O–H groups in total. The van der Waals surface area contributed by atoms with E-state index in [1.54, 1.807) is 22.6 Å². The Morgan fingerprint density at radius 1 is 1.55 bits per heavy atom. The zero-order valence-electron chi connectivity index (χ0n) is 5.30. The van der Waals surface area contributed by atoms with Gasteiger partial charge in [0.05, 0.1) is 5.97 Å². The molecule has 0 saturated heterocycles. The first-order valence-electron chi connectivity index (χ1n) is 2.77. The van der Waals surface area contributed by atoms with Crippen molar-refractivity contribution in [1.29, 1.82) is 0 Å². The van der Waals surface area contributed by atoms with E-state index in [-0.39, 0.29) is 9.13 Å². The minimum absolute atomic E-state index is 0.00389. The van der Waals surface area contributed by atoms with Gasteiger partial charge in [-0.15, -0.1) is 0 Å². The second kappa shape index (κ2) is 3.17. The third kappa shape index (κ3) is 1.89. The molecule has 4 heteroatoms. The summed E-state index contributed by atoms with van der Waals surface area (Å²) < 4.78 is 12.8. The Labute approximate surface area is 76.2 Å². The molecule has 0 saturated carbocycles. The van der Waals surface area contributed by atoms with Gasteiger partial charge in [0.1, 0.15) is 5.82 Å². The van der Waals surface area contributed by atoms with Gasteiger partial charge in [0.15, 0.2) is 0 Å². The summed E-state index contributed by atoms with van der Waals surface area (Å²) in [5.41, 5.74) is -0.00389. The van der Waals surface area contributed by atoms with Crippen LogP contribution in [0.25, 0.3) is 0 Å². The Morgan fingerprint density at radius 3 is 2.64 bits per heavy atom. The van der Waals surface area contributed by atoms with Crippen molar-refractivity contribution in [2.75, 3.05) is 0 Å². The minimum atomic E-state index is -1.29. The normalized spacial score (nSPS) is 9.64. The summed E-state index contributed by atoms with van der Waals surface area (Å²) in [5, 5.41) is 10.2. The van der Waals surface area contributed by atoms with Crippen molar-refractivity contribution in [3.8, 4) is 0 Å². The largest absolute Gasteiger partial charge is 0.545 e. The number of carbonyl (C=O) groups is 1. The first-order valence-corrected chi connectivity index (χ1v) is 3.85. The van der Waals surface area contributed by atoms with Crippen LogP contribution in [0.2, 0.25) is 0 Å². The lowest BCUT2D eigenvalue weighted by molar-refractivity contribution is -0.255. The van der Waals surface area contributed by atoms with Crippen molar-refractivity contribution in [2.24, 2.45) is 0 Å². The Kier molecular flexibility index (Phi) is 2.43. The highest BCUT2D eigenvalue weighted by Crippen LogP contribution is 2.11. The Balaban J connectivity index is 3.15. The molecule has 0 aliphatic heterocycles. The molecule has 0 aromatic heterocycles. The lowest BCUT2D eigenvalue weighted by Crippen LogP contribution is -2.22. The predicted molar refractivity (Wildman–Crippen MR) is 43.4 cm³/mol. The molecular weight excluding hydrogens is 262 g/mol. The summed E-state index contributed by atoms with van der Waals surface area (Å²) in [7, 11) is 0. The molecule has 0 radical (unpaired) electrons. The lowest BCUT2D eigenvalue weighted by Gasteiger charge is -2.01. The van der Waals surface area contributed by atoms with Crippen molar-refractivity contribution in [3.63, 3.8) is 0 Å². The molecule has 0 fully saturated rings. The monoisotopic (exact) mass is 265 g/mol. The first kappa shape index (κ1) is 8.45. The van der Waals surface area contributed by atoms with Gasteiger partial charge < -0.3 is 9.90 Å². The molecule has 1 rings (SSSR count). The van der Waals surface area contributed by atoms with E-state index in [1.165, 1.54) is 12.1 Å². The Hall–Kier alpha value is -0.650. The van der Waals surface area contributed by atoms with Crippen molar-refractivity contribution in [3.05, 3.63) is 33.1 Å². The smallest absolute Gasteiger partial charge is 0.136 e. The number of carboxylic acids is 1. The zero-order valence-corrected chi connectivity index (χ0v) is 7.46. The predicted octanol–water partition coefficient (Wildman–Crippen LogP) is 0.794. The topological polar surface area (TPSA) is 40.1 Å². The standard InChI is InChI=1S/C7H4FIO2/c8-5-2-1-4(7(10)11)3-6(5)9/h1-3H,(H,10,11)/p-1. The maximum atomic E-state index is 12.5. The molecule has 0 heterocycles. The molecular formula is C7H3FIO2-. The quantitative estimate of drug-likeness (QED) is 0.704. The third-order valence-corrected chi connectivity index (χ3v) is 1.98. The summed E-state index contributed by atoms with van der Waals surface area (Å²) in [6, 6.07) is 3.50. The van der Waals surface area contributed by atoms with Gasteiger partial charge >= 0.3 is 0 Å². The van der Waals surface area contributed by atoms with Gasteiger partial charge in [-0.25, -0.2) is 4.39 Å². The maximum Gasteiger partial charge on any atom is 0.136 e. The summed E-state index contributed by atoms with van der Waals surface area (Å²) >= 11 is 1.72. The number of rotatable bonds is 1. The van der Waals surface area contributed by atoms with E-state index >= 15 is 0 Å². The number of carbonyl (C=O) groups excluding carboxylic acids is 1. The fraction of sp³-hybridized carbons (Fsp3) is 0. The number of carboxylic acid groups (broad SMARTS) is 1. The zero-order chi connectivity index (χ0) is 8.43. The van der Waals surface area contributed by atoms with Gasteiger partial charge in [-0.05, 0) is 40.3 Å². The van der Waals surface area contributed by atoms with E-state index in [1.807, 2.05) is 0 Å². The molecule has 0 spiro atoms. The summed E-state index contributed by atoms with van der Waals surface area (Å²) in [4.78, 5) is 10.2. The molecule has 0 amide bonds. The van der Waals surface area contributed by atoms with E-state index in [0.29, 0.717) is 0 Å². The molecule has 0 atom stereocenters. The van der Waals surface area contributed by atoms with Gasteiger partial charge in [0.25, 0.3) is 0 Å². The number of hydrogen-bond acceptors (Lipinski definition) is 2. The van der Waals surface area contributed by atoms with Crippen LogP contribution in [0, 0.1) is 9.39 Å². The fourth-order valence-electron chi connectivity index (χ4n) is 0.623. The number of benzene rings is 1. The van der Waals surface area contributed by atoms with Crippen LogP contribution in [0.4, 0.5) is 4.39 Å². The Morgan fingerprint density at radius 2 is 2.18 bits per heavy atom. The Bertz CT molecular complexity index is 298. The van der Waals surface area contributed by atoms with Crippen LogP contribution in [0.1, 0.15) is 10.4 Å². The van der Waals surface area contributed by atoms with Gasteiger partial charge in [0.2, 0.25) is 0 Å². The molecule has 0 aliphatic carbocycles. The van der Waals surface area contributed by atoms with Crippen molar-refractivity contribution in [2.45, 2.75) is 0 Å². The SMILES string of the molecule is O=C([O-])c1ccc(F)c(I)c1. The summed E-state index contributed by atoms with van der Waals surface area (Å²) in [6.45, 7) is 0. The highest BCUT2D eigenvalue weighted by Gasteiger charge is 1.99. The van der Waals surface area contributed by atoms with E-state index in [0.717, 1.165) is 6.07 Å². The first-order chi connectivity index (χ1) is 5.11. The van der Waals surface area contributed by atoms with Crippen LogP contribution in [0.3, 0.4) is 0 Å².